The maximum absolute atomic E-state index is 11.8. The highest BCUT2D eigenvalue weighted by Crippen LogP contribution is 2.28. The van der Waals surface area contributed by atoms with Gasteiger partial charge in [-0.25, -0.2) is 0 Å². The minimum absolute atomic E-state index is 0.0631. The van der Waals surface area contributed by atoms with Crippen LogP contribution in [0.4, 0.5) is 5.69 Å². The van der Waals surface area contributed by atoms with Crippen molar-refractivity contribution in [3.05, 3.63) is 69.8 Å². The lowest BCUT2D eigenvalue weighted by molar-refractivity contribution is -0.385. The Labute approximate surface area is 144 Å². The van der Waals surface area contributed by atoms with Crippen molar-refractivity contribution in [3.63, 3.8) is 0 Å². The quantitative estimate of drug-likeness (QED) is 0.586. The molecular weight excluding hydrogens is 328 g/mol. The van der Waals surface area contributed by atoms with Gasteiger partial charge >= 0.3 is 5.69 Å². The van der Waals surface area contributed by atoms with Gasteiger partial charge in [-0.3, -0.25) is 14.9 Å². The molecule has 0 saturated heterocycles. The molecule has 2 rings (SSSR count). The van der Waals surface area contributed by atoms with Gasteiger partial charge in [-0.05, 0) is 17.2 Å². The van der Waals surface area contributed by atoms with Crippen LogP contribution in [0.2, 0.25) is 0 Å². The molecular formula is C17H18N2O4S. The summed E-state index contributed by atoms with van der Waals surface area (Å²) in [5.41, 5.74) is 1.76. The van der Waals surface area contributed by atoms with Crippen LogP contribution in [-0.4, -0.2) is 23.7 Å². The Morgan fingerprint density at radius 2 is 1.96 bits per heavy atom. The second-order valence-electron chi connectivity index (χ2n) is 5.02. The highest BCUT2D eigenvalue weighted by molar-refractivity contribution is 7.99. The van der Waals surface area contributed by atoms with Crippen molar-refractivity contribution in [2.75, 3.05) is 12.9 Å². The van der Waals surface area contributed by atoms with Crippen LogP contribution in [0, 0.1) is 10.1 Å². The first-order valence-corrected chi connectivity index (χ1v) is 8.45. The first-order valence-electron chi connectivity index (χ1n) is 7.30. The first kappa shape index (κ1) is 17.8. The van der Waals surface area contributed by atoms with Gasteiger partial charge < -0.3 is 10.1 Å². The molecule has 0 atom stereocenters. The fraction of sp³-hybridized carbons (Fsp3) is 0.235. The van der Waals surface area contributed by atoms with Crippen LogP contribution in [0.1, 0.15) is 11.1 Å². The van der Waals surface area contributed by atoms with Gasteiger partial charge in [-0.2, -0.15) is 0 Å². The molecule has 0 fully saturated rings. The van der Waals surface area contributed by atoms with Crippen LogP contribution in [0.25, 0.3) is 0 Å². The van der Waals surface area contributed by atoms with Crippen LogP contribution in [0.15, 0.2) is 48.5 Å². The second-order valence-corrected chi connectivity index (χ2v) is 6.00. The Morgan fingerprint density at radius 1 is 1.21 bits per heavy atom. The standard InChI is InChI=1S/C17H18N2O4S/c1-23-16-8-7-14(9-15(16)19(21)22)11-24-12-17(20)18-10-13-5-3-2-4-6-13/h2-9H,10-12H2,1H3,(H,18,20). The summed E-state index contributed by atoms with van der Waals surface area (Å²) < 4.78 is 4.97. The third kappa shape index (κ3) is 5.27. The number of rotatable bonds is 8. The number of carbonyl (C=O) groups excluding carboxylic acids is 1. The van der Waals surface area contributed by atoms with Crippen molar-refractivity contribution >= 4 is 23.4 Å². The summed E-state index contributed by atoms with van der Waals surface area (Å²) in [6.07, 6.45) is 0. The number of nitrogens with zero attached hydrogens (tertiary/aromatic N) is 1. The minimum Gasteiger partial charge on any atom is -0.490 e. The molecule has 126 valence electrons. The van der Waals surface area contributed by atoms with Gasteiger partial charge in [0.15, 0.2) is 5.75 Å². The Kier molecular flexibility index (Phi) is 6.62. The number of methoxy groups -OCH3 is 1. The largest absolute Gasteiger partial charge is 0.490 e. The van der Waals surface area contributed by atoms with Crippen LogP contribution < -0.4 is 10.1 Å². The van der Waals surface area contributed by atoms with Crippen molar-refractivity contribution in [1.29, 1.82) is 0 Å². The SMILES string of the molecule is COc1ccc(CSCC(=O)NCc2ccccc2)cc1[N+](=O)[O-]. The average molecular weight is 346 g/mol. The van der Waals surface area contributed by atoms with Crippen molar-refractivity contribution in [2.24, 2.45) is 0 Å². The molecule has 2 aromatic rings. The number of nitro benzene ring substituents is 1. The van der Waals surface area contributed by atoms with Gasteiger partial charge in [0.1, 0.15) is 0 Å². The molecule has 0 aliphatic rings. The van der Waals surface area contributed by atoms with Crippen LogP contribution in [0.5, 0.6) is 5.75 Å². The average Bonchev–Trinajstić information content (AvgIpc) is 2.60. The summed E-state index contributed by atoms with van der Waals surface area (Å²) in [5, 5.41) is 13.8. The number of hydrogen-bond acceptors (Lipinski definition) is 5. The lowest BCUT2D eigenvalue weighted by atomic mass is 10.2. The number of carbonyl (C=O) groups is 1. The molecule has 24 heavy (non-hydrogen) atoms. The van der Waals surface area contributed by atoms with Crippen molar-refractivity contribution in [2.45, 2.75) is 12.3 Å². The summed E-state index contributed by atoms with van der Waals surface area (Å²) in [7, 11) is 1.40. The topological polar surface area (TPSA) is 81.5 Å². The molecule has 0 aliphatic heterocycles. The van der Waals surface area contributed by atoms with Gasteiger partial charge in [-0.15, -0.1) is 11.8 Å². The smallest absolute Gasteiger partial charge is 0.311 e. The summed E-state index contributed by atoms with van der Waals surface area (Å²) in [5.74, 6) is 0.984. The summed E-state index contributed by atoms with van der Waals surface area (Å²) >= 11 is 1.41. The van der Waals surface area contributed by atoms with Crippen LogP contribution >= 0.6 is 11.8 Å². The molecule has 6 nitrogen and oxygen atoms in total. The Balaban J connectivity index is 1.80. The molecule has 0 spiro atoms. The van der Waals surface area contributed by atoms with E-state index in [2.05, 4.69) is 5.32 Å². The molecule has 0 aliphatic carbocycles. The maximum Gasteiger partial charge on any atom is 0.311 e. The first-order chi connectivity index (χ1) is 11.6. The molecule has 1 amide bonds. The normalized spacial score (nSPS) is 10.2. The highest BCUT2D eigenvalue weighted by Gasteiger charge is 2.15. The number of thioether (sulfide) groups is 1. The van der Waals surface area contributed by atoms with E-state index in [4.69, 9.17) is 4.74 Å². The van der Waals surface area contributed by atoms with Gasteiger partial charge in [0, 0.05) is 18.4 Å². The van der Waals surface area contributed by atoms with Crippen LogP contribution in [0.3, 0.4) is 0 Å². The fourth-order valence-electron chi connectivity index (χ4n) is 2.08. The lowest BCUT2D eigenvalue weighted by Gasteiger charge is -2.06. The number of hydrogen-bond donors (Lipinski definition) is 1. The molecule has 0 saturated carbocycles. The van der Waals surface area contributed by atoms with Crippen molar-refractivity contribution < 1.29 is 14.5 Å². The maximum atomic E-state index is 11.8. The zero-order valence-corrected chi connectivity index (χ0v) is 14.0. The van der Waals surface area contributed by atoms with Gasteiger partial charge in [0.25, 0.3) is 0 Å². The molecule has 0 bridgehead atoms. The van der Waals surface area contributed by atoms with E-state index in [-0.39, 0.29) is 17.3 Å². The van der Waals surface area contributed by atoms with E-state index < -0.39 is 4.92 Å². The third-order valence-corrected chi connectivity index (χ3v) is 4.28. The van der Waals surface area contributed by atoms with E-state index in [9.17, 15) is 14.9 Å². The predicted octanol–water partition coefficient (Wildman–Crippen LogP) is 3.15. The van der Waals surface area contributed by atoms with Crippen LogP contribution in [-0.2, 0) is 17.1 Å². The van der Waals surface area contributed by atoms with Gasteiger partial charge in [-0.1, -0.05) is 36.4 Å². The minimum atomic E-state index is -0.473. The summed E-state index contributed by atoms with van der Waals surface area (Å²) in [6, 6.07) is 14.5. The molecule has 7 heteroatoms. The molecule has 2 aromatic carbocycles. The van der Waals surface area contributed by atoms with E-state index in [1.165, 1.54) is 24.9 Å². The van der Waals surface area contributed by atoms with E-state index in [0.717, 1.165) is 11.1 Å². The Hall–Kier alpha value is -2.54. The van der Waals surface area contributed by atoms with E-state index in [1.54, 1.807) is 12.1 Å². The van der Waals surface area contributed by atoms with E-state index in [1.807, 2.05) is 30.3 Å². The molecule has 0 aromatic heterocycles. The number of benzene rings is 2. The zero-order valence-electron chi connectivity index (χ0n) is 13.2. The van der Waals surface area contributed by atoms with Gasteiger partial charge in [0.2, 0.25) is 5.91 Å². The van der Waals surface area contributed by atoms with Crippen molar-refractivity contribution in [3.8, 4) is 5.75 Å². The highest BCUT2D eigenvalue weighted by atomic mass is 32.2. The number of amides is 1. The Bertz CT molecular complexity index is 707. The zero-order chi connectivity index (χ0) is 17.4. The fourth-order valence-corrected chi connectivity index (χ4v) is 2.88. The van der Waals surface area contributed by atoms with Crippen molar-refractivity contribution in [1.82, 2.24) is 5.32 Å². The monoisotopic (exact) mass is 346 g/mol. The summed E-state index contributed by atoms with van der Waals surface area (Å²) in [6.45, 7) is 0.494. The predicted molar refractivity (Wildman–Crippen MR) is 94.1 cm³/mol. The number of ether oxygens (including phenoxy) is 1. The summed E-state index contributed by atoms with van der Waals surface area (Å²) in [4.78, 5) is 22.3. The second kappa shape index (κ2) is 8.93. The molecule has 0 radical (unpaired) electrons. The Morgan fingerprint density at radius 3 is 2.62 bits per heavy atom. The molecule has 0 unspecified atom stereocenters. The third-order valence-electron chi connectivity index (χ3n) is 3.27. The molecule has 0 heterocycles. The number of nitrogens with one attached hydrogen (secondary N) is 1. The van der Waals surface area contributed by atoms with E-state index in [0.29, 0.717) is 18.1 Å². The van der Waals surface area contributed by atoms with E-state index >= 15 is 0 Å². The van der Waals surface area contributed by atoms with Gasteiger partial charge in [0.05, 0.1) is 17.8 Å². The lowest BCUT2D eigenvalue weighted by Crippen LogP contribution is -2.24. The number of nitro groups is 1. The molecule has 1 N–H and O–H groups in total.